The number of fused-ring (bicyclic) bond motifs is 1. The number of nitrogens with zero attached hydrogens (tertiary/aromatic N) is 1. The van der Waals surface area contributed by atoms with Crippen molar-refractivity contribution in [3.63, 3.8) is 0 Å². The van der Waals surface area contributed by atoms with Crippen molar-refractivity contribution in [3.05, 3.63) is 42.1 Å². The van der Waals surface area contributed by atoms with Crippen LogP contribution in [0, 0.1) is 0 Å². The summed E-state index contributed by atoms with van der Waals surface area (Å²) >= 11 is 0. The number of para-hydroxylation sites is 1. The van der Waals surface area contributed by atoms with Gasteiger partial charge in [0.15, 0.2) is 0 Å². The molecule has 2 heteroatoms. The van der Waals surface area contributed by atoms with Crippen LogP contribution in [0.2, 0.25) is 0 Å². The summed E-state index contributed by atoms with van der Waals surface area (Å²) in [6.45, 7) is 0. The van der Waals surface area contributed by atoms with E-state index in [4.69, 9.17) is 5.73 Å². The quantitative estimate of drug-likeness (QED) is 0.736. The summed E-state index contributed by atoms with van der Waals surface area (Å²) in [5.41, 5.74) is 8.31. The SMILES string of the molecule is N[C@@H]1C[C@H]1c1ccnc2ccccc12. The summed E-state index contributed by atoms with van der Waals surface area (Å²) in [6.07, 6.45) is 3.00. The summed E-state index contributed by atoms with van der Waals surface area (Å²) in [5.74, 6) is 0.558. The van der Waals surface area contributed by atoms with Gasteiger partial charge in [0.05, 0.1) is 5.52 Å². The minimum Gasteiger partial charge on any atom is -0.327 e. The Hall–Kier alpha value is -1.41. The third kappa shape index (κ3) is 1.11. The normalized spacial score (nSPS) is 25.2. The second-order valence-electron chi connectivity index (χ2n) is 3.92. The van der Waals surface area contributed by atoms with Crippen LogP contribution in [0.5, 0.6) is 0 Å². The van der Waals surface area contributed by atoms with Gasteiger partial charge in [0, 0.05) is 23.5 Å². The van der Waals surface area contributed by atoms with Crippen LogP contribution in [0.4, 0.5) is 0 Å². The van der Waals surface area contributed by atoms with Gasteiger partial charge in [-0.05, 0) is 24.1 Å². The average molecular weight is 184 g/mol. The molecular weight excluding hydrogens is 172 g/mol. The number of hydrogen-bond donors (Lipinski definition) is 1. The van der Waals surface area contributed by atoms with Crippen LogP contribution in [-0.4, -0.2) is 11.0 Å². The second kappa shape index (κ2) is 2.79. The molecule has 1 aromatic heterocycles. The van der Waals surface area contributed by atoms with Crippen LogP contribution in [0.15, 0.2) is 36.5 Å². The zero-order chi connectivity index (χ0) is 9.54. The third-order valence-electron chi connectivity index (χ3n) is 2.92. The fraction of sp³-hybridized carbons (Fsp3) is 0.250. The molecular formula is C12H12N2. The van der Waals surface area contributed by atoms with Gasteiger partial charge in [0.1, 0.15) is 0 Å². The topological polar surface area (TPSA) is 38.9 Å². The Bertz CT molecular complexity index is 473. The van der Waals surface area contributed by atoms with E-state index in [-0.39, 0.29) is 0 Å². The predicted octanol–water partition coefficient (Wildman–Crippen LogP) is 2.05. The molecule has 70 valence electrons. The molecule has 2 aromatic rings. The van der Waals surface area contributed by atoms with E-state index in [0.717, 1.165) is 11.9 Å². The Kier molecular flexibility index (Phi) is 1.58. The number of benzene rings is 1. The summed E-state index contributed by atoms with van der Waals surface area (Å²) in [6, 6.07) is 10.7. The number of nitrogens with two attached hydrogens (primary N) is 1. The van der Waals surface area contributed by atoms with Crippen LogP contribution >= 0.6 is 0 Å². The van der Waals surface area contributed by atoms with E-state index in [9.17, 15) is 0 Å². The largest absolute Gasteiger partial charge is 0.327 e. The van der Waals surface area contributed by atoms with Crippen molar-refractivity contribution >= 4 is 10.9 Å². The van der Waals surface area contributed by atoms with Crippen molar-refractivity contribution in [2.24, 2.45) is 5.73 Å². The Labute approximate surface area is 82.8 Å². The minimum absolute atomic E-state index is 0.362. The first-order chi connectivity index (χ1) is 6.86. The number of pyridine rings is 1. The maximum absolute atomic E-state index is 5.87. The van der Waals surface area contributed by atoms with Crippen LogP contribution in [0.3, 0.4) is 0 Å². The summed E-state index contributed by atoms with van der Waals surface area (Å²) < 4.78 is 0. The Morgan fingerprint density at radius 2 is 2.00 bits per heavy atom. The zero-order valence-corrected chi connectivity index (χ0v) is 7.85. The van der Waals surface area contributed by atoms with Crippen LogP contribution in [0.25, 0.3) is 10.9 Å². The molecule has 1 aliphatic carbocycles. The molecule has 0 bridgehead atoms. The van der Waals surface area contributed by atoms with Gasteiger partial charge in [-0.1, -0.05) is 18.2 Å². The molecule has 1 saturated carbocycles. The fourth-order valence-corrected chi connectivity index (χ4v) is 2.01. The molecule has 0 amide bonds. The third-order valence-corrected chi connectivity index (χ3v) is 2.92. The number of hydrogen-bond acceptors (Lipinski definition) is 2. The van der Waals surface area contributed by atoms with Crippen LogP contribution < -0.4 is 5.73 Å². The molecule has 0 saturated heterocycles. The molecule has 0 spiro atoms. The lowest BCUT2D eigenvalue weighted by atomic mass is 10.1. The highest BCUT2D eigenvalue weighted by molar-refractivity contribution is 5.82. The first-order valence-corrected chi connectivity index (χ1v) is 4.95. The van der Waals surface area contributed by atoms with Gasteiger partial charge in [0.2, 0.25) is 0 Å². The second-order valence-corrected chi connectivity index (χ2v) is 3.92. The maximum Gasteiger partial charge on any atom is 0.0704 e. The number of rotatable bonds is 1. The van der Waals surface area contributed by atoms with E-state index in [2.05, 4.69) is 23.2 Å². The van der Waals surface area contributed by atoms with Gasteiger partial charge in [-0.2, -0.15) is 0 Å². The summed E-state index contributed by atoms with van der Waals surface area (Å²) in [4.78, 5) is 4.34. The molecule has 3 rings (SSSR count). The van der Waals surface area contributed by atoms with E-state index in [1.54, 1.807) is 0 Å². The number of aromatic nitrogens is 1. The van der Waals surface area contributed by atoms with Crippen LogP contribution in [0.1, 0.15) is 17.9 Å². The highest BCUT2D eigenvalue weighted by Crippen LogP contribution is 2.41. The molecule has 2 N–H and O–H groups in total. The predicted molar refractivity (Wildman–Crippen MR) is 57.1 cm³/mol. The van der Waals surface area contributed by atoms with E-state index in [1.807, 2.05) is 18.3 Å². The lowest BCUT2D eigenvalue weighted by Gasteiger charge is -2.03. The van der Waals surface area contributed by atoms with Crippen molar-refractivity contribution in [1.29, 1.82) is 0 Å². The summed E-state index contributed by atoms with van der Waals surface area (Å²) in [7, 11) is 0. The molecule has 2 nitrogen and oxygen atoms in total. The van der Waals surface area contributed by atoms with Crippen molar-refractivity contribution in [2.45, 2.75) is 18.4 Å². The van der Waals surface area contributed by atoms with Crippen molar-refractivity contribution in [2.75, 3.05) is 0 Å². The fourth-order valence-electron chi connectivity index (χ4n) is 2.01. The van der Waals surface area contributed by atoms with Crippen LogP contribution in [-0.2, 0) is 0 Å². The van der Waals surface area contributed by atoms with Crippen molar-refractivity contribution in [3.8, 4) is 0 Å². The molecule has 1 aliphatic rings. The van der Waals surface area contributed by atoms with Gasteiger partial charge in [-0.15, -0.1) is 0 Å². The van der Waals surface area contributed by atoms with E-state index in [1.165, 1.54) is 10.9 Å². The standard InChI is InChI=1S/C12H12N2/c13-11-7-10(11)8-5-6-14-12-4-2-1-3-9(8)12/h1-6,10-11H,7,13H2/t10-,11+/m0/s1. The van der Waals surface area contributed by atoms with Crippen molar-refractivity contribution < 1.29 is 0 Å². The molecule has 0 radical (unpaired) electrons. The first-order valence-electron chi connectivity index (χ1n) is 4.95. The minimum atomic E-state index is 0.362. The molecule has 1 heterocycles. The Morgan fingerprint density at radius 3 is 2.79 bits per heavy atom. The Morgan fingerprint density at radius 1 is 1.21 bits per heavy atom. The average Bonchev–Trinajstić information content (AvgIpc) is 2.95. The Balaban J connectivity index is 2.23. The molecule has 1 fully saturated rings. The van der Waals surface area contributed by atoms with E-state index >= 15 is 0 Å². The molecule has 1 aromatic carbocycles. The lowest BCUT2D eigenvalue weighted by Crippen LogP contribution is -2.01. The molecule has 2 atom stereocenters. The molecule has 0 aliphatic heterocycles. The van der Waals surface area contributed by atoms with Gasteiger partial charge in [-0.25, -0.2) is 0 Å². The monoisotopic (exact) mass is 184 g/mol. The lowest BCUT2D eigenvalue weighted by molar-refractivity contribution is 0.995. The van der Waals surface area contributed by atoms with Gasteiger partial charge < -0.3 is 5.73 Å². The van der Waals surface area contributed by atoms with Crippen molar-refractivity contribution in [1.82, 2.24) is 4.98 Å². The smallest absolute Gasteiger partial charge is 0.0704 e. The van der Waals surface area contributed by atoms with E-state index < -0.39 is 0 Å². The van der Waals surface area contributed by atoms with Gasteiger partial charge in [0.25, 0.3) is 0 Å². The zero-order valence-electron chi connectivity index (χ0n) is 7.85. The first kappa shape index (κ1) is 7.94. The highest BCUT2D eigenvalue weighted by Gasteiger charge is 2.35. The molecule has 14 heavy (non-hydrogen) atoms. The summed E-state index contributed by atoms with van der Waals surface area (Å²) in [5, 5.41) is 1.26. The highest BCUT2D eigenvalue weighted by atomic mass is 14.7. The van der Waals surface area contributed by atoms with Gasteiger partial charge >= 0.3 is 0 Å². The van der Waals surface area contributed by atoms with Gasteiger partial charge in [-0.3, -0.25) is 4.98 Å². The van der Waals surface area contributed by atoms with E-state index in [0.29, 0.717) is 12.0 Å². The molecule has 0 unspecified atom stereocenters. The maximum atomic E-state index is 5.87.